The minimum atomic E-state index is -0.240. The quantitative estimate of drug-likeness (QED) is 0.899. The van der Waals surface area contributed by atoms with Gasteiger partial charge >= 0.3 is 0 Å². The number of carbonyl (C=O) groups is 1. The Balaban J connectivity index is 1.41. The largest absolute Gasteiger partial charge is 0.486 e. The Bertz CT molecular complexity index is 744. The lowest BCUT2D eigenvalue weighted by atomic mass is 10.0. The molecule has 136 valence electrons. The van der Waals surface area contributed by atoms with E-state index in [2.05, 4.69) is 10.2 Å². The predicted octanol–water partition coefficient (Wildman–Crippen LogP) is 2.78. The Morgan fingerprint density at radius 3 is 2.50 bits per heavy atom. The molecule has 0 aromatic heterocycles. The van der Waals surface area contributed by atoms with Crippen LogP contribution in [0.25, 0.3) is 0 Å². The maximum atomic E-state index is 13.0. The third-order valence-corrected chi connectivity index (χ3v) is 4.94. The Morgan fingerprint density at radius 2 is 1.73 bits per heavy atom. The third kappa shape index (κ3) is 3.68. The van der Waals surface area contributed by atoms with Crippen molar-refractivity contribution in [2.45, 2.75) is 25.0 Å². The maximum Gasteiger partial charge on any atom is 0.242 e. The van der Waals surface area contributed by atoms with Gasteiger partial charge in [-0.15, -0.1) is 0 Å². The van der Waals surface area contributed by atoms with Crippen LogP contribution in [0.1, 0.15) is 24.4 Å². The van der Waals surface area contributed by atoms with Crippen LogP contribution in [-0.2, 0) is 4.79 Å². The molecule has 1 fully saturated rings. The minimum Gasteiger partial charge on any atom is -0.486 e. The molecule has 2 aromatic rings. The highest BCUT2D eigenvalue weighted by molar-refractivity contribution is 5.83. The second-order valence-electron chi connectivity index (χ2n) is 6.80. The van der Waals surface area contributed by atoms with E-state index in [1.54, 1.807) is 0 Å². The Morgan fingerprint density at radius 1 is 1.04 bits per heavy atom. The SMILES string of the molecule is O=C(NC[C@H]1COc2ccccc2O1)[C@@H](c1ccccc1)N1CCCC1. The smallest absolute Gasteiger partial charge is 0.242 e. The molecule has 5 nitrogen and oxygen atoms in total. The first-order valence-electron chi connectivity index (χ1n) is 9.26. The number of nitrogens with zero attached hydrogens (tertiary/aromatic N) is 1. The lowest BCUT2D eigenvalue weighted by Crippen LogP contribution is -2.45. The number of likely N-dealkylation sites (tertiary alicyclic amines) is 1. The van der Waals surface area contributed by atoms with E-state index in [1.165, 1.54) is 0 Å². The van der Waals surface area contributed by atoms with Crippen LogP contribution in [0.15, 0.2) is 54.6 Å². The van der Waals surface area contributed by atoms with E-state index in [9.17, 15) is 4.79 Å². The topological polar surface area (TPSA) is 50.8 Å². The molecule has 4 rings (SSSR count). The summed E-state index contributed by atoms with van der Waals surface area (Å²) in [6.45, 7) is 2.80. The lowest BCUT2D eigenvalue weighted by Gasteiger charge is -2.29. The summed E-state index contributed by atoms with van der Waals surface area (Å²) in [6, 6.07) is 17.4. The molecule has 2 atom stereocenters. The van der Waals surface area contributed by atoms with Crippen molar-refractivity contribution in [3.05, 3.63) is 60.2 Å². The molecule has 2 heterocycles. The number of hydrogen-bond donors (Lipinski definition) is 1. The Labute approximate surface area is 153 Å². The number of hydrogen-bond acceptors (Lipinski definition) is 4. The summed E-state index contributed by atoms with van der Waals surface area (Å²) in [6.07, 6.45) is 2.11. The van der Waals surface area contributed by atoms with Crippen LogP contribution in [0, 0.1) is 0 Å². The highest BCUT2D eigenvalue weighted by Crippen LogP contribution is 2.31. The summed E-state index contributed by atoms with van der Waals surface area (Å²) in [7, 11) is 0. The normalized spacial score (nSPS) is 20.5. The van der Waals surface area contributed by atoms with E-state index in [0.29, 0.717) is 13.2 Å². The van der Waals surface area contributed by atoms with Gasteiger partial charge in [0.15, 0.2) is 11.5 Å². The molecule has 2 aromatic carbocycles. The summed E-state index contributed by atoms with van der Waals surface area (Å²) in [5, 5.41) is 3.07. The first-order chi connectivity index (χ1) is 12.8. The highest BCUT2D eigenvalue weighted by atomic mass is 16.6. The molecule has 0 saturated carbocycles. The van der Waals surface area contributed by atoms with Crippen LogP contribution >= 0.6 is 0 Å². The fourth-order valence-electron chi connectivity index (χ4n) is 3.64. The monoisotopic (exact) mass is 352 g/mol. The summed E-state index contributed by atoms with van der Waals surface area (Å²) < 4.78 is 11.7. The van der Waals surface area contributed by atoms with Crippen LogP contribution in [0.2, 0.25) is 0 Å². The van der Waals surface area contributed by atoms with Gasteiger partial charge in [0.25, 0.3) is 0 Å². The number of benzene rings is 2. The summed E-state index contributed by atoms with van der Waals surface area (Å²) in [5.41, 5.74) is 1.04. The molecule has 0 aliphatic carbocycles. The van der Waals surface area contributed by atoms with Crippen LogP contribution < -0.4 is 14.8 Å². The zero-order valence-corrected chi connectivity index (χ0v) is 14.8. The van der Waals surface area contributed by atoms with Gasteiger partial charge in [-0.25, -0.2) is 0 Å². The zero-order chi connectivity index (χ0) is 17.8. The van der Waals surface area contributed by atoms with Gasteiger partial charge in [-0.05, 0) is 43.6 Å². The van der Waals surface area contributed by atoms with Crippen molar-refractivity contribution in [3.8, 4) is 11.5 Å². The molecule has 2 aliphatic heterocycles. The van der Waals surface area contributed by atoms with E-state index in [4.69, 9.17) is 9.47 Å². The van der Waals surface area contributed by atoms with Crippen LogP contribution in [-0.4, -0.2) is 43.2 Å². The number of nitrogens with one attached hydrogen (secondary N) is 1. The van der Waals surface area contributed by atoms with Gasteiger partial charge in [-0.2, -0.15) is 0 Å². The predicted molar refractivity (Wildman–Crippen MR) is 99.4 cm³/mol. The molecule has 0 unspecified atom stereocenters. The van der Waals surface area contributed by atoms with Gasteiger partial charge in [0, 0.05) is 0 Å². The molecule has 1 amide bonds. The van der Waals surface area contributed by atoms with Crippen LogP contribution in [0.5, 0.6) is 11.5 Å². The van der Waals surface area contributed by atoms with Crippen molar-refractivity contribution in [1.29, 1.82) is 0 Å². The number of carbonyl (C=O) groups excluding carboxylic acids is 1. The van der Waals surface area contributed by atoms with Gasteiger partial charge in [-0.1, -0.05) is 42.5 Å². The number of ether oxygens (including phenoxy) is 2. The second-order valence-corrected chi connectivity index (χ2v) is 6.80. The van der Waals surface area contributed by atoms with Crippen LogP contribution in [0.4, 0.5) is 0 Å². The maximum absolute atomic E-state index is 13.0. The number of para-hydroxylation sites is 2. The molecular formula is C21H24N2O3. The first-order valence-corrected chi connectivity index (χ1v) is 9.26. The number of fused-ring (bicyclic) bond motifs is 1. The van der Waals surface area contributed by atoms with Gasteiger partial charge < -0.3 is 14.8 Å². The van der Waals surface area contributed by atoms with Crippen molar-refractivity contribution in [1.82, 2.24) is 10.2 Å². The standard InChI is InChI=1S/C21H24N2O3/c24-21(20(23-12-6-7-13-23)16-8-2-1-3-9-16)22-14-17-15-25-18-10-4-5-11-19(18)26-17/h1-5,8-11,17,20H,6-7,12-15H2,(H,22,24)/t17-,20+/m0/s1. The zero-order valence-electron chi connectivity index (χ0n) is 14.8. The molecule has 26 heavy (non-hydrogen) atoms. The van der Waals surface area contributed by atoms with Crippen LogP contribution in [0.3, 0.4) is 0 Å². The van der Waals surface area contributed by atoms with Gasteiger partial charge in [-0.3, -0.25) is 9.69 Å². The van der Waals surface area contributed by atoms with Crippen molar-refractivity contribution in [2.75, 3.05) is 26.2 Å². The molecule has 0 spiro atoms. The van der Waals surface area contributed by atoms with Crippen molar-refractivity contribution in [3.63, 3.8) is 0 Å². The summed E-state index contributed by atoms with van der Waals surface area (Å²) >= 11 is 0. The summed E-state index contributed by atoms with van der Waals surface area (Å²) in [4.78, 5) is 15.2. The van der Waals surface area contributed by atoms with E-state index in [-0.39, 0.29) is 18.1 Å². The molecular weight excluding hydrogens is 328 g/mol. The van der Waals surface area contributed by atoms with Crippen molar-refractivity contribution in [2.24, 2.45) is 0 Å². The molecule has 2 aliphatic rings. The molecule has 1 N–H and O–H groups in total. The van der Waals surface area contributed by atoms with E-state index >= 15 is 0 Å². The lowest BCUT2D eigenvalue weighted by molar-refractivity contribution is -0.126. The van der Waals surface area contributed by atoms with E-state index < -0.39 is 0 Å². The fraction of sp³-hybridized carbons (Fsp3) is 0.381. The first kappa shape index (κ1) is 16.9. The summed E-state index contributed by atoms with van der Waals surface area (Å²) in [5.74, 6) is 1.52. The molecule has 5 heteroatoms. The van der Waals surface area contributed by atoms with Gasteiger partial charge in [0.05, 0.1) is 6.54 Å². The van der Waals surface area contributed by atoms with Gasteiger partial charge in [0.2, 0.25) is 5.91 Å². The second kappa shape index (κ2) is 7.79. The van der Waals surface area contributed by atoms with Crippen molar-refractivity contribution < 1.29 is 14.3 Å². The van der Waals surface area contributed by atoms with Gasteiger partial charge in [0.1, 0.15) is 18.8 Å². The van der Waals surface area contributed by atoms with E-state index in [0.717, 1.165) is 43.0 Å². The third-order valence-electron chi connectivity index (χ3n) is 4.94. The van der Waals surface area contributed by atoms with Crippen molar-refractivity contribution >= 4 is 5.91 Å². The Kier molecular flexibility index (Phi) is 5.07. The van der Waals surface area contributed by atoms with E-state index in [1.807, 2.05) is 54.6 Å². The Hall–Kier alpha value is -2.53. The fourth-order valence-corrected chi connectivity index (χ4v) is 3.64. The number of rotatable bonds is 5. The molecule has 1 saturated heterocycles. The number of amides is 1. The highest BCUT2D eigenvalue weighted by Gasteiger charge is 2.30. The average molecular weight is 352 g/mol. The molecule has 0 radical (unpaired) electrons. The molecule has 0 bridgehead atoms. The minimum absolute atomic E-state index is 0.0283. The average Bonchev–Trinajstić information content (AvgIpc) is 3.21.